The summed E-state index contributed by atoms with van der Waals surface area (Å²) in [6.07, 6.45) is -0.290. The Bertz CT molecular complexity index is 1100. The zero-order chi connectivity index (χ0) is 19.8. The Labute approximate surface area is 159 Å². The summed E-state index contributed by atoms with van der Waals surface area (Å²) in [7, 11) is 1.47. The van der Waals surface area contributed by atoms with Gasteiger partial charge in [-0.25, -0.2) is 0 Å². The molecule has 3 aromatic rings. The van der Waals surface area contributed by atoms with Crippen LogP contribution in [0.1, 0.15) is 17.0 Å². The molecular weight excluding hydrogens is 364 g/mol. The van der Waals surface area contributed by atoms with E-state index < -0.39 is 22.1 Å². The molecule has 8 heteroatoms. The summed E-state index contributed by atoms with van der Waals surface area (Å²) in [4.78, 5) is 21.4. The van der Waals surface area contributed by atoms with E-state index in [4.69, 9.17) is 9.47 Å². The van der Waals surface area contributed by atoms with E-state index in [9.17, 15) is 20.2 Å². The van der Waals surface area contributed by atoms with Crippen LogP contribution in [-0.2, 0) is 11.2 Å². The van der Waals surface area contributed by atoms with Crippen LogP contribution in [0, 0.1) is 20.2 Å². The summed E-state index contributed by atoms with van der Waals surface area (Å²) in [5.74, 6) is 0.191. The van der Waals surface area contributed by atoms with Crippen molar-refractivity contribution in [3.05, 3.63) is 86.0 Å². The van der Waals surface area contributed by atoms with Gasteiger partial charge >= 0.3 is 0 Å². The van der Waals surface area contributed by atoms with Crippen molar-refractivity contribution < 1.29 is 19.3 Å². The first-order valence-corrected chi connectivity index (χ1v) is 8.62. The SMILES string of the molecule is COC1Oc2ccc3ccccc3c2CC1c1ccc([N+](=O)[O-])cc1[N+](=O)[O-]. The molecule has 2 unspecified atom stereocenters. The Kier molecular flexibility index (Phi) is 4.40. The summed E-state index contributed by atoms with van der Waals surface area (Å²) in [5.41, 5.74) is 0.644. The van der Waals surface area contributed by atoms with Crippen LogP contribution in [0.3, 0.4) is 0 Å². The highest BCUT2D eigenvalue weighted by Crippen LogP contribution is 2.43. The third kappa shape index (κ3) is 2.93. The van der Waals surface area contributed by atoms with Crippen LogP contribution < -0.4 is 4.74 Å². The van der Waals surface area contributed by atoms with Crippen molar-refractivity contribution in [3.63, 3.8) is 0 Å². The van der Waals surface area contributed by atoms with Gasteiger partial charge in [0.2, 0.25) is 6.29 Å². The van der Waals surface area contributed by atoms with E-state index >= 15 is 0 Å². The molecule has 0 amide bonds. The lowest BCUT2D eigenvalue weighted by Crippen LogP contribution is -2.33. The maximum absolute atomic E-state index is 11.6. The quantitative estimate of drug-likeness (QED) is 0.492. The van der Waals surface area contributed by atoms with Gasteiger partial charge < -0.3 is 9.47 Å². The molecule has 0 aromatic heterocycles. The molecule has 1 aliphatic rings. The minimum Gasteiger partial charge on any atom is -0.464 e. The maximum atomic E-state index is 11.6. The molecule has 0 N–H and O–H groups in total. The first kappa shape index (κ1) is 17.9. The zero-order valence-electron chi connectivity index (χ0n) is 14.9. The van der Waals surface area contributed by atoms with Gasteiger partial charge in [0.1, 0.15) is 5.75 Å². The normalized spacial score (nSPS) is 18.3. The zero-order valence-corrected chi connectivity index (χ0v) is 14.9. The van der Waals surface area contributed by atoms with Crippen LogP contribution in [0.4, 0.5) is 11.4 Å². The second kappa shape index (κ2) is 6.90. The molecule has 0 spiro atoms. The minimum absolute atomic E-state index is 0.312. The van der Waals surface area contributed by atoms with Gasteiger partial charge in [-0.15, -0.1) is 0 Å². The van der Waals surface area contributed by atoms with Crippen LogP contribution in [-0.4, -0.2) is 23.2 Å². The number of nitro groups is 2. The second-order valence-electron chi connectivity index (χ2n) is 6.55. The van der Waals surface area contributed by atoms with Gasteiger partial charge in [-0.1, -0.05) is 30.3 Å². The van der Waals surface area contributed by atoms with Gasteiger partial charge in [0.15, 0.2) is 0 Å². The molecule has 0 fully saturated rings. The van der Waals surface area contributed by atoms with E-state index in [0.29, 0.717) is 17.7 Å². The second-order valence-corrected chi connectivity index (χ2v) is 6.55. The number of hydrogen-bond acceptors (Lipinski definition) is 6. The molecule has 28 heavy (non-hydrogen) atoms. The number of hydrogen-bond donors (Lipinski definition) is 0. The van der Waals surface area contributed by atoms with Crippen LogP contribution in [0.15, 0.2) is 54.6 Å². The number of benzene rings is 3. The number of nitrogens with zero attached hydrogens (tertiary/aromatic N) is 2. The summed E-state index contributed by atoms with van der Waals surface area (Å²) < 4.78 is 11.5. The van der Waals surface area contributed by atoms with Gasteiger partial charge in [-0.2, -0.15) is 0 Å². The number of nitro benzene ring substituents is 2. The van der Waals surface area contributed by atoms with E-state index in [2.05, 4.69) is 0 Å². The Balaban J connectivity index is 1.85. The topological polar surface area (TPSA) is 105 Å². The molecule has 3 aromatic carbocycles. The molecule has 2 atom stereocenters. The van der Waals surface area contributed by atoms with E-state index in [1.54, 1.807) is 0 Å². The molecule has 142 valence electrons. The lowest BCUT2D eigenvalue weighted by Gasteiger charge is -2.33. The monoisotopic (exact) mass is 380 g/mol. The summed E-state index contributed by atoms with van der Waals surface area (Å²) in [6, 6.07) is 15.3. The summed E-state index contributed by atoms with van der Waals surface area (Å²) >= 11 is 0. The summed E-state index contributed by atoms with van der Waals surface area (Å²) in [5, 5.41) is 24.7. The average Bonchev–Trinajstić information content (AvgIpc) is 2.72. The molecule has 0 saturated carbocycles. The minimum atomic E-state index is -0.742. The fraction of sp³-hybridized carbons (Fsp3) is 0.200. The molecule has 1 aliphatic heterocycles. The summed E-state index contributed by atoms with van der Waals surface area (Å²) in [6.45, 7) is 0. The highest BCUT2D eigenvalue weighted by atomic mass is 16.7. The van der Waals surface area contributed by atoms with Crippen molar-refractivity contribution >= 4 is 22.1 Å². The van der Waals surface area contributed by atoms with Crippen LogP contribution in [0.5, 0.6) is 5.75 Å². The van der Waals surface area contributed by atoms with E-state index in [0.717, 1.165) is 22.4 Å². The first-order valence-electron chi connectivity index (χ1n) is 8.62. The number of rotatable bonds is 4. The third-order valence-corrected chi connectivity index (χ3v) is 5.05. The van der Waals surface area contributed by atoms with Gasteiger partial charge in [0.25, 0.3) is 11.4 Å². The average molecular weight is 380 g/mol. The van der Waals surface area contributed by atoms with Gasteiger partial charge in [-0.05, 0) is 29.3 Å². The molecule has 1 heterocycles. The lowest BCUT2D eigenvalue weighted by atomic mass is 9.85. The van der Waals surface area contributed by atoms with Crippen LogP contribution >= 0.6 is 0 Å². The largest absolute Gasteiger partial charge is 0.464 e. The molecular formula is C20H16N2O6. The van der Waals surface area contributed by atoms with E-state index in [-0.39, 0.29) is 11.4 Å². The molecule has 0 radical (unpaired) electrons. The lowest BCUT2D eigenvalue weighted by molar-refractivity contribution is -0.394. The Morgan fingerprint density at radius 1 is 1.04 bits per heavy atom. The van der Waals surface area contributed by atoms with Crippen molar-refractivity contribution in [2.75, 3.05) is 7.11 Å². The Morgan fingerprint density at radius 3 is 2.54 bits per heavy atom. The van der Waals surface area contributed by atoms with E-state index in [1.807, 2.05) is 36.4 Å². The van der Waals surface area contributed by atoms with Gasteiger partial charge in [0.05, 0.1) is 21.8 Å². The predicted molar refractivity (Wildman–Crippen MR) is 102 cm³/mol. The van der Waals surface area contributed by atoms with Crippen molar-refractivity contribution in [2.24, 2.45) is 0 Å². The van der Waals surface area contributed by atoms with Gasteiger partial charge in [0, 0.05) is 24.3 Å². The molecule has 4 rings (SSSR count). The number of non-ortho nitro benzene ring substituents is 1. The molecule has 0 bridgehead atoms. The fourth-order valence-corrected chi connectivity index (χ4v) is 3.75. The predicted octanol–water partition coefficient (Wildman–Crippen LogP) is 4.35. The molecule has 0 saturated heterocycles. The van der Waals surface area contributed by atoms with Crippen LogP contribution in [0.2, 0.25) is 0 Å². The Morgan fingerprint density at radius 2 is 1.82 bits per heavy atom. The number of methoxy groups -OCH3 is 1. The molecule has 0 aliphatic carbocycles. The smallest absolute Gasteiger partial charge is 0.279 e. The standard InChI is InChI=1S/C20H16N2O6/c1-27-20-17(15-8-7-13(21(23)24)10-18(15)22(25)26)11-16-14-5-3-2-4-12(14)6-9-19(16)28-20/h2-10,17,20H,11H2,1H3. The van der Waals surface area contributed by atoms with Crippen molar-refractivity contribution in [2.45, 2.75) is 18.6 Å². The number of ether oxygens (including phenoxy) is 2. The highest BCUT2D eigenvalue weighted by molar-refractivity contribution is 5.88. The first-order chi connectivity index (χ1) is 13.5. The van der Waals surface area contributed by atoms with Crippen molar-refractivity contribution in [3.8, 4) is 5.75 Å². The van der Waals surface area contributed by atoms with Crippen LogP contribution in [0.25, 0.3) is 10.8 Å². The van der Waals surface area contributed by atoms with Crippen molar-refractivity contribution in [1.29, 1.82) is 0 Å². The fourth-order valence-electron chi connectivity index (χ4n) is 3.75. The van der Waals surface area contributed by atoms with Gasteiger partial charge in [-0.3, -0.25) is 20.2 Å². The third-order valence-electron chi connectivity index (χ3n) is 5.05. The highest BCUT2D eigenvalue weighted by Gasteiger charge is 2.37. The molecule has 8 nitrogen and oxygen atoms in total. The Hall–Kier alpha value is -3.52. The van der Waals surface area contributed by atoms with E-state index in [1.165, 1.54) is 19.2 Å². The number of fused-ring (bicyclic) bond motifs is 3. The maximum Gasteiger partial charge on any atom is 0.279 e. The van der Waals surface area contributed by atoms with Crippen molar-refractivity contribution in [1.82, 2.24) is 0 Å².